The Morgan fingerprint density at radius 2 is 1.64 bits per heavy atom. The number of aryl methyl sites for hydroxylation is 1. The number of piperazine rings is 1. The van der Waals surface area contributed by atoms with E-state index < -0.39 is 0 Å². The van der Waals surface area contributed by atoms with Crippen molar-refractivity contribution in [2.75, 3.05) is 60.5 Å². The van der Waals surface area contributed by atoms with E-state index >= 15 is 0 Å². The fourth-order valence-electron chi connectivity index (χ4n) is 4.99. The smallest absolute Gasteiger partial charge is 0.228 e. The predicted octanol–water partition coefficient (Wildman–Crippen LogP) is 2.85. The van der Waals surface area contributed by atoms with Crippen LogP contribution in [0.4, 0.5) is 17.3 Å². The lowest BCUT2D eigenvalue weighted by Gasteiger charge is -2.36. The number of amides is 2. The zero-order valence-electron chi connectivity index (χ0n) is 18.9. The van der Waals surface area contributed by atoms with Gasteiger partial charge in [-0.2, -0.15) is 0 Å². The van der Waals surface area contributed by atoms with Gasteiger partial charge >= 0.3 is 0 Å². The summed E-state index contributed by atoms with van der Waals surface area (Å²) >= 11 is 3.46. The summed E-state index contributed by atoms with van der Waals surface area (Å²) in [5.41, 5.74) is 0.836. The second-order valence-corrected chi connectivity index (χ2v) is 9.94. The molecule has 0 bridgehead atoms. The molecular weight excluding hydrogens is 484 g/mol. The van der Waals surface area contributed by atoms with E-state index in [1.54, 1.807) is 4.90 Å². The van der Waals surface area contributed by atoms with E-state index in [2.05, 4.69) is 41.8 Å². The first kappa shape index (κ1) is 22.1. The van der Waals surface area contributed by atoms with E-state index in [1.165, 1.54) is 12.8 Å². The molecule has 5 rings (SSSR count). The van der Waals surface area contributed by atoms with Crippen molar-refractivity contribution in [3.8, 4) is 0 Å². The molecule has 1 aromatic heterocycles. The molecule has 1 aromatic carbocycles. The minimum atomic E-state index is -0.286. The van der Waals surface area contributed by atoms with Crippen LogP contribution in [0.15, 0.2) is 34.8 Å². The SMILES string of the molecule is Cc1nc(N2CCCC2)cc(N2CCN(C(=O)C3CC(=O)N(c4cccc(Br)c4)C3)CC2)n1. The Kier molecular flexibility index (Phi) is 6.23. The summed E-state index contributed by atoms with van der Waals surface area (Å²) in [4.78, 5) is 43.3. The van der Waals surface area contributed by atoms with Gasteiger partial charge in [0.1, 0.15) is 17.5 Å². The predicted molar refractivity (Wildman–Crippen MR) is 132 cm³/mol. The third-order valence-electron chi connectivity index (χ3n) is 6.75. The lowest BCUT2D eigenvalue weighted by molar-refractivity contribution is -0.136. The summed E-state index contributed by atoms with van der Waals surface area (Å²) in [6.45, 7) is 7.24. The summed E-state index contributed by atoms with van der Waals surface area (Å²) in [6.07, 6.45) is 2.69. The molecule has 0 spiro atoms. The molecule has 3 fully saturated rings. The largest absolute Gasteiger partial charge is 0.356 e. The third-order valence-corrected chi connectivity index (χ3v) is 7.24. The molecule has 0 saturated carbocycles. The molecule has 1 unspecified atom stereocenters. The van der Waals surface area contributed by atoms with Crippen LogP contribution in [0.3, 0.4) is 0 Å². The van der Waals surface area contributed by atoms with Gasteiger partial charge in [0.05, 0.1) is 5.92 Å². The molecule has 0 aliphatic carbocycles. The molecular formula is C24H29BrN6O2. The molecule has 33 heavy (non-hydrogen) atoms. The van der Waals surface area contributed by atoms with Gasteiger partial charge in [0.25, 0.3) is 0 Å². The molecule has 3 saturated heterocycles. The third kappa shape index (κ3) is 4.69. The number of carbonyl (C=O) groups excluding carboxylic acids is 2. The Bertz CT molecular complexity index is 1050. The van der Waals surface area contributed by atoms with E-state index in [4.69, 9.17) is 0 Å². The summed E-state index contributed by atoms with van der Waals surface area (Å²) in [7, 11) is 0. The van der Waals surface area contributed by atoms with Crippen molar-refractivity contribution in [3.63, 3.8) is 0 Å². The number of anilines is 3. The Hall–Kier alpha value is -2.68. The molecule has 1 atom stereocenters. The summed E-state index contributed by atoms with van der Waals surface area (Å²) in [6, 6.07) is 9.75. The maximum absolute atomic E-state index is 13.2. The number of hydrogen-bond donors (Lipinski definition) is 0. The zero-order valence-corrected chi connectivity index (χ0v) is 20.5. The van der Waals surface area contributed by atoms with E-state index in [-0.39, 0.29) is 24.2 Å². The van der Waals surface area contributed by atoms with Crippen molar-refractivity contribution in [2.24, 2.45) is 5.92 Å². The maximum Gasteiger partial charge on any atom is 0.228 e. The van der Waals surface area contributed by atoms with Crippen LogP contribution >= 0.6 is 15.9 Å². The van der Waals surface area contributed by atoms with Crippen LogP contribution in [0.5, 0.6) is 0 Å². The second kappa shape index (κ2) is 9.29. The minimum absolute atomic E-state index is 0.0102. The van der Waals surface area contributed by atoms with Gasteiger partial charge in [0, 0.05) is 68.5 Å². The van der Waals surface area contributed by atoms with E-state index in [0.29, 0.717) is 19.6 Å². The lowest BCUT2D eigenvalue weighted by Crippen LogP contribution is -2.51. The molecule has 0 radical (unpaired) electrons. The summed E-state index contributed by atoms with van der Waals surface area (Å²) in [5.74, 6) is 2.53. The average molecular weight is 513 g/mol. The standard InChI is InChI=1S/C24H29BrN6O2/c1-17-26-21(28-7-2-3-8-28)15-22(27-17)29-9-11-30(12-10-29)24(33)18-13-23(32)31(16-18)20-6-4-5-19(25)14-20/h4-6,14-15,18H,2-3,7-13,16H2,1H3. The van der Waals surface area contributed by atoms with Gasteiger partial charge in [-0.1, -0.05) is 22.0 Å². The Labute approximate surface area is 202 Å². The topological polar surface area (TPSA) is 72.9 Å². The van der Waals surface area contributed by atoms with Crippen molar-refractivity contribution < 1.29 is 9.59 Å². The van der Waals surface area contributed by atoms with Crippen LogP contribution in [-0.4, -0.2) is 72.5 Å². The number of nitrogens with zero attached hydrogens (tertiary/aromatic N) is 6. The first-order valence-electron chi connectivity index (χ1n) is 11.7. The molecule has 4 heterocycles. The highest BCUT2D eigenvalue weighted by atomic mass is 79.9. The van der Waals surface area contributed by atoms with Crippen molar-refractivity contribution >= 4 is 45.1 Å². The van der Waals surface area contributed by atoms with Crippen LogP contribution < -0.4 is 14.7 Å². The van der Waals surface area contributed by atoms with E-state index in [1.807, 2.05) is 36.1 Å². The molecule has 3 aliphatic rings. The molecule has 3 aliphatic heterocycles. The zero-order chi connectivity index (χ0) is 22.9. The molecule has 0 N–H and O–H groups in total. The van der Waals surface area contributed by atoms with Crippen LogP contribution in [0, 0.1) is 12.8 Å². The fourth-order valence-corrected chi connectivity index (χ4v) is 5.37. The quantitative estimate of drug-likeness (QED) is 0.627. The average Bonchev–Trinajstić information content (AvgIpc) is 3.48. The van der Waals surface area contributed by atoms with Crippen LogP contribution in [0.2, 0.25) is 0 Å². The van der Waals surface area contributed by atoms with Crippen molar-refractivity contribution in [1.29, 1.82) is 0 Å². The van der Waals surface area contributed by atoms with Crippen LogP contribution in [0.25, 0.3) is 0 Å². The molecule has 9 heteroatoms. The van der Waals surface area contributed by atoms with Gasteiger partial charge in [0.2, 0.25) is 11.8 Å². The molecule has 8 nitrogen and oxygen atoms in total. The number of carbonyl (C=O) groups is 2. The fraction of sp³-hybridized carbons (Fsp3) is 0.500. The second-order valence-electron chi connectivity index (χ2n) is 9.02. The first-order chi connectivity index (χ1) is 16.0. The monoisotopic (exact) mass is 512 g/mol. The van der Waals surface area contributed by atoms with Crippen molar-refractivity contribution in [1.82, 2.24) is 14.9 Å². The van der Waals surface area contributed by atoms with Crippen LogP contribution in [-0.2, 0) is 9.59 Å². The number of aromatic nitrogens is 2. The van der Waals surface area contributed by atoms with Crippen molar-refractivity contribution in [2.45, 2.75) is 26.2 Å². The number of rotatable bonds is 4. The highest BCUT2D eigenvalue weighted by Crippen LogP contribution is 2.29. The number of benzene rings is 1. The highest BCUT2D eigenvalue weighted by Gasteiger charge is 2.38. The van der Waals surface area contributed by atoms with Gasteiger partial charge in [-0.3, -0.25) is 9.59 Å². The van der Waals surface area contributed by atoms with Crippen LogP contribution in [0.1, 0.15) is 25.1 Å². The maximum atomic E-state index is 13.2. The Balaban J connectivity index is 1.21. The Morgan fingerprint density at radius 3 is 2.30 bits per heavy atom. The van der Waals surface area contributed by atoms with E-state index in [0.717, 1.165) is 53.8 Å². The molecule has 2 aromatic rings. The van der Waals surface area contributed by atoms with Gasteiger partial charge in [-0.15, -0.1) is 0 Å². The van der Waals surface area contributed by atoms with Crippen molar-refractivity contribution in [3.05, 3.63) is 40.6 Å². The lowest BCUT2D eigenvalue weighted by atomic mass is 10.1. The van der Waals surface area contributed by atoms with E-state index in [9.17, 15) is 9.59 Å². The first-order valence-corrected chi connectivity index (χ1v) is 12.5. The molecule has 174 valence electrons. The Morgan fingerprint density at radius 1 is 0.970 bits per heavy atom. The summed E-state index contributed by atoms with van der Waals surface area (Å²) in [5, 5.41) is 0. The highest BCUT2D eigenvalue weighted by molar-refractivity contribution is 9.10. The van der Waals surface area contributed by atoms with Gasteiger partial charge in [-0.25, -0.2) is 9.97 Å². The normalized spacial score (nSPS) is 21.3. The number of halogens is 1. The van der Waals surface area contributed by atoms with Gasteiger partial charge in [-0.05, 0) is 38.0 Å². The molecule has 2 amide bonds. The van der Waals surface area contributed by atoms with Gasteiger partial charge in [0.15, 0.2) is 0 Å². The van der Waals surface area contributed by atoms with Gasteiger partial charge < -0.3 is 19.6 Å². The number of hydrogen-bond acceptors (Lipinski definition) is 6. The minimum Gasteiger partial charge on any atom is -0.356 e. The summed E-state index contributed by atoms with van der Waals surface area (Å²) < 4.78 is 0.923.